The Balaban J connectivity index is 1.77. The lowest BCUT2D eigenvalue weighted by atomic mass is 9.77. The fraction of sp³-hybridized carbons (Fsp3) is 0.263. The van der Waals surface area contributed by atoms with Crippen LogP contribution >= 0.6 is 0 Å². The summed E-state index contributed by atoms with van der Waals surface area (Å²) in [7, 11) is 0. The third kappa shape index (κ3) is 2.31. The molecule has 1 aliphatic heterocycles. The van der Waals surface area contributed by atoms with Crippen LogP contribution in [0.15, 0.2) is 54.6 Å². The number of nitrogens with zero attached hydrogens (tertiary/aromatic N) is 1. The van der Waals surface area contributed by atoms with E-state index in [0.717, 1.165) is 17.7 Å². The van der Waals surface area contributed by atoms with E-state index in [4.69, 9.17) is 0 Å². The number of nitro benzene ring substituents is 1. The van der Waals surface area contributed by atoms with Crippen LogP contribution in [0.3, 0.4) is 0 Å². The van der Waals surface area contributed by atoms with E-state index in [2.05, 4.69) is 48.7 Å². The number of hydrogen-bond donors (Lipinski definition) is 1. The quantitative estimate of drug-likeness (QED) is 0.496. The molecule has 0 spiro atoms. The minimum atomic E-state index is -0.319. The van der Waals surface area contributed by atoms with Crippen LogP contribution in [0.2, 0.25) is 0 Å². The van der Waals surface area contributed by atoms with Crippen LogP contribution in [-0.4, -0.2) is 4.92 Å². The molecule has 0 unspecified atom stereocenters. The molecule has 0 fully saturated rings. The summed E-state index contributed by atoms with van der Waals surface area (Å²) >= 11 is 0. The van der Waals surface area contributed by atoms with Crippen LogP contribution in [0.4, 0.5) is 11.4 Å². The summed E-state index contributed by atoms with van der Waals surface area (Å²) in [5, 5.41) is 14.7. The molecule has 2 aliphatic rings. The van der Waals surface area contributed by atoms with Crippen LogP contribution in [0, 0.1) is 23.0 Å². The Kier molecular flexibility index (Phi) is 3.18. The highest BCUT2D eigenvalue weighted by Gasteiger charge is 2.38. The van der Waals surface area contributed by atoms with Crippen LogP contribution in [-0.2, 0) is 0 Å². The second-order valence-electron chi connectivity index (χ2n) is 6.41. The lowest BCUT2D eigenvalue weighted by Gasteiger charge is -2.37. The second kappa shape index (κ2) is 5.23. The van der Waals surface area contributed by atoms with Crippen molar-refractivity contribution in [1.82, 2.24) is 0 Å². The van der Waals surface area contributed by atoms with Gasteiger partial charge in [-0.3, -0.25) is 10.1 Å². The number of nitrogens with one attached hydrogen (secondary N) is 1. The van der Waals surface area contributed by atoms with Gasteiger partial charge < -0.3 is 5.32 Å². The molecule has 116 valence electrons. The van der Waals surface area contributed by atoms with Crippen molar-refractivity contribution in [1.29, 1.82) is 0 Å². The minimum Gasteiger partial charge on any atom is -0.378 e. The van der Waals surface area contributed by atoms with E-state index in [1.165, 1.54) is 11.1 Å². The topological polar surface area (TPSA) is 55.2 Å². The van der Waals surface area contributed by atoms with Crippen LogP contribution < -0.4 is 5.32 Å². The van der Waals surface area contributed by atoms with Crippen LogP contribution in [0.1, 0.15) is 35.1 Å². The Labute approximate surface area is 135 Å². The Hall–Kier alpha value is -2.62. The molecule has 0 radical (unpaired) electrons. The Morgan fingerprint density at radius 1 is 1.17 bits per heavy atom. The minimum absolute atomic E-state index is 0.165. The molecule has 0 bridgehead atoms. The summed E-state index contributed by atoms with van der Waals surface area (Å²) in [5.41, 5.74) is 4.74. The molecule has 2 aromatic rings. The number of hydrogen-bond acceptors (Lipinski definition) is 3. The zero-order valence-corrected chi connectivity index (χ0v) is 12.9. The summed E-state index contributed by atoms with van der Waals surface area (Å²) in [6.07, 6.45) is 5.40. The normalized spacial score (nSPS) is 24.7. The van der Waals surface area contributed by atoms with Gasteiger partial charge in [-0.05, 0) is 36.5 Å². The van der Waals surface area contributed by atoms with E-state index in [0.29, 0.717) is 5.92 Å². The zero-order valence-electron chi connectivity index (χ0n) is 12.9. The Bertz CT molecular complexity index is 796. The van der Waals surface area contributed by atoms with Gasteiger partial charge in [0.25, 0.3) is 5.69 Å². The number of anilines is 1. The fourth-order valence-electron chi connectivity index (χ4n) is 3.80. The van der Waals surface area contributed by atoms with E-state index in [1.807, 2.05) is 6.07 Å². The third-order valence-electron chi connectivity index (χ3n) is 4.99. The van der Waals surface area contributed by atoms with Gasteiger partial charge in [0.2, 0.25) is 0 Å². The molecule has 2 aromatic carbocycles. The first-order valence-corrected chi connectivity index (χ1v) is 7.91. The predicted octanol–water partition coefficient (Wildman–Crippen LogP) is 4.73. The van der Waals surface area contributed by atoms with Crippen molar-refractivity contribution in [2.45, 2.75) is 25.3 Å². The van der Waals surface area contributed by atoms with Gasteiger partial charge >= 0.3 is 0 Å². The smallest absolute Gasteiger partial charge is 0.269 e. The summed E-state index contributed by atoms with van der Waals surface area (Å²) in [6, 6.07) is 14.0. The van der Waals surface area contributed by atoms with Crippen molar-refractivity contribution in [2.24, 2.45) is 5.92 Å². The van der Waals surface area contributed by atoms with E-state index in [1.54, 1.807) is 12.1 Å². The van der Waals surface area contributed by atoms with Gasteiger partial charge in [0.05, 0.1) is 11.0 Å². The summed E-state index contributed by atoms with van der Waals surface area (Å²) in [5.74, 6) is 0.657. The molecule has 4 nitrogen and oxygen atoms in total. The summed E-state index contributed by atoms with van der Waals surface area (Å²) in [6.45, 7) is 2.09. The average Bonchev–Trinajstić information content (AvgIpc) is 3.04. The molecule has 4 heteroatoms. The van der Waals surface area contributed by atoms with Gasteiger partial charge in [-0.1, -0.05) is 42.0 Å². The highest BCUT2D eigenvalue weighted by atomic mass is 16.6. The zero-order chi connectivity index (χ0) is 16.0. The maximum Gasteiger partial charge on any atom is 0.269 e. The number of benzene rings is 2. The second-order valence-corrected chi connectivity index (χ2v) is 6.41. The number of allylic oxidation sites excluding steroid dienone is 2. The Morgan fingerprint density at radius 2 is 1.96 bits per heavy atom. The molecule has 1 heterocycles. The van der Waals surface area contributed by atoms with Gasteiger partial charge in [-0.15, -0.1) is 0 Å². The lowest BCUT2D eigenvalue weighted by molar-refractivity contribution is -0.384. The van der Waals surface area contributed by atoms with E-state index >= 15 is 0 Å². The van der Waals surface area contributed by atoms with Gasteiger partial charge in [0.15, 0.2) is 0 Å². The molecule has 0 saturated carbocycles. The van der Waals surface area contributed by atoms with Gasteiger partial charge in [0.1, 0.15) is 0 Å². The molecule has 3 atom stereocenters. The molecular formula is C19H18N2O2. The first-order chi connectivity index (χ1) is 11.1. The standard InChI is InChI=1S/C19H18N2O2/c1-12-5-7-13(8-6-12)19-16-4-2-3-15(16)17-11-14(21(22)23)9-10-18(17)20-19/h2-3,5-11,15-16,19-20H,4H2,1H3/t15-,16-,19-/m1/s1. The molecule has 4 rings (SSSR count). The lowest BCUT2D eigenvalue weighted by Crippen LogP contribution is -2.29. The number of fused-ring (bicyclic) bond motifs is 3. The van der Waals surface area contributed by atoms with E-state index in [-0.39, 0.29) is 22.6 Å². The first-order valence-electron chi connectivity index (χ1n) is 7.91. The van der Waals surface area contributed by atoms with Crippen molar-refractivity contribution < 1.29 is 4.92 Å². The maximum atomic E-state index is 11.1. The largest absolute Gasteiger partial charge is 0.378 e. The number of non-ortho nitro benzene ring substituents is 1. The first kappa shape index (κ1) is 14.0. The fourth-order valence-corrected chi connectivity index (χ4v) is 3.80. The molecule has 1 N–H and O–H groups in total. The van der Waals surface area contributed by atoms with Crippen molar-refractivity contribution in [3.8, 4) is 0 Å². The highest BCUT2D eigenvalue weighted by molar-refractivity contribution is 5.62. The molecule has 23 heavy (non-hydrogen) atoms. The summed E-state index contributed by atoms with van der Waals surface area (Å²) in [4.78, 5) is 10.7. The number of rotatable bonds is 2. The van der Waals surface area contributed by atoms with Crippen LogP contribution in [0.25, 0.3) is 0 Å². The van der Waals surface area contributed by atoms with E-state index < -0.39 is 0 Å². The highest BCUT2D eigenvalue weighted by Crippen LogP contribution is 2.50. The van der Waals surface area contributed by atoms with E-state index in [9.17, 15) is 10.1 Å². The maximum absolute atomic E-state index is 11.1. The molecular weight excluding hydrogens is 288 g/mol. The molecule has 0 amide bonds. The van der Waals surface area contributed by atoms with Crippen molar-refractivity contribution in [3.05, 3.63) is 81.4 Å². The van der Waals surface area contributed by atoms with Crippen LogP contribution in [0.5, 0.6) is 0 Å². The number of nitro groups is 1. The van der Waals surface area contributed by atoms with Gasteiger partial charge in [-0.2, -0.15) is 0 Å². The van der Waals surface area contributed by atoms with Gasteiger partial charge in [-0.25, -0.2) is 0 Å². The van der Waals surface area contributed by atoms with Crippen molar-refractivity contribution in [3.63, 3.8) is 0 Å². The molecule has 0 saturated heterocycles. The predicted molar refractivity (Wildman–Crippen MR) is 90.6 cm³/mol. The van der Waals surface area contributed by atoms with Crippen molar-refractivity contribution >= 4 is 11.4 Å². The average molecular weight is 306 g/mol. The van der Waals surface area contributed by atoms with Crippen molar-refractivity contribution in [2.75, 3.05) is 5.32 Å². The monoisotopic (exact) mass is 306 g/mol. The summed E-state index contributed by atoms with van der Waals surface area (Å²) < 4.78 is 0. The number of aryl methyl sites for hydroxylation is 1. The van der Waals surface area contributed by atoms with Gasteiger partial charge in [0, 0.05) is 23.7 Å². The third-order valence-corrected chi connectivity index (χ3v) is 4.99. The Morgan fingerprint density at radius 3 is 2.70 bits per heavy atom. The molecule has 0 aromatic heterocycles. The SMILES string of the molecule is Cc1ccc([C@H]2Nc3ccc([N+](=O)[O-])cc3[C@@H]3C=CC[C@@H]23)cc1. The molecule has 1 aliphatic carbocycles.